The quantitative estimate of drug-likeness (QED) is 0.118. The second kappa shape index (κ2) is 13.2. The number of carbonyl (C=O) groups is 3. The average Bonchev–Trinajstić information content (AvgIpc) is 2.92. The monoisotopic (exact) mass is 604 g/mol. The summed E-state index contributed by atoms with van der Waals surface area (Å²) in [5.74, 6) is -0.770. The van der Waals surface area contributed by atoms with Crippen molar-refractivity contribution < 1.29 is 14.4 Å². The van der Waals surface area contributed by atoms with Gasteiger partial charge >= 0.3 is 0 Å². The maximum Gasteiger partial charge on any atom is 0.272 e. The number of thioether (sulfide) groups is 1. The Hall–Kier alpha value is -3.65. The van der Waals surface area contributed by atoms with Gasteiger partial charge in [0.05, 0.1) is 10.8 Å². The van der Waals surface area contributed by atoms with Gasteiger partial charge in [0.2, 0.25) is 0 Å². The highest BCUT2D eigenvalue weighted by Crippen LogP contribution is 2.25. The van der Waals surface area contributed by atoms with Crippen molar-refractivity contribution in [2.24, 2.45) is 0 Å². The summed E-state index contributed by atoms with van der Waals surface area (Å²) in [6.07, 6.45) is 1.61. The first-order chi connectivity index (χ1) is 18.4. The number of Topliss-reactive ketones (excluding diaryl/α,β-unsaturated/α-hetero) is 1. The molecule has 38 heavy (non-hydrogen) atoms. The molecule has 0 saturated heterocycles. The number of amides is 2. The molecule has 0 aliphatic heterocycles. The Morgan fingerprint density at radius 1 is 0.842 bits per heavy atom. The second-order valence-electron chi connectivity index (χ2n) is 8.11. The van der Waals surface area contributed by atoms with E-state index in [9.17, 15) is 14.4 Å². The molecule has 2 N–H and O–H groups in total. The largest absolute Gasteiger partial charge is 0.321 e. The van der Waals surface area contributed by atoms with E-state index in [0.717, 1.165) is 14.9 Å². The summed E-state index contributed by atoms with van der Waals surface area (Å²) >= 11 is 10.9. The van der Waals surface area contributed by atoms with E-state index in [1.54, 1.807) is 72.8 Å². The van der Waals surface area contributed by atoms with Crippen LogP contribution in [0.1, 0.15) is 26.3 Å². The molecule has 2 amide bonds. The molecule has 190 valence electrons. The fraction of sp³-hybridized carbons (Fsp3) is 0.0333. The van der Waals surface area contributed by atoms with E-state index in [4.69, 9.17) is 11.6 Å². The van der Waals surface area contributed by atoms with Crippen molar-refractivity contribution >= 4 is 68.7 Å². The van der Waals surface area contributed by atoms with E-state index in [0.29, 0.717) is 21.8 Å². The number of hydrogen-bond donors (Lipinski definition) is 2. The number of benzene rings is 4. The smallest absolute Gasteiger partial charge is 0.272 e. The first kappa shape index (κ1) is 27.4. The van der Waals surface area contributed by atoms with E-state index < -0.39 is 11.8 Å². The lowest BCUT2D eigenvalue weighted by Gasteiger charge is -2.12. The van der Waals surface area contributed by atoms with E-state index >= 15 is 0 Å². The molecule has 0 aromatic heterocycles. The van der Waals surface area contributed by atoms with Gasteiger partial charge in [0.15, 0.2) is 5.78 Å². The zero-order valence-electron chi connectivity index (χ0n) is 20.0. The van der Waals surface area contributed by atoms with Crippen molar-refractivity contribution in [3.63, 3.8) is 0 Å². The van der Waals surface area contributed by atoms with Gasteiger partial charge in [-0.05, 0) is 66.2 Å². The maximum atomic E-state index is 13.3. The fourth-order valence-electron chi connectivity index (χ4n) is 3.48. The summed E-state index contributed by atoms with van der Waals surface area (Å²) < 4.78 is 0.844. The summed E-state index contributed by atoms with van der Waals surface area (Å²) in [4.78, 5) is 39.5. The van der Waals surface area contributed by atoms with Crippen molar-refractivity contribution in [1.29, 1.82) is 0 Å². The standard InChI is InChI=1S/C30H22BrClN2O3S/c31-22-11-6-8-20(16-22)17-27(34-29(36)21-9-2-1-3-10-21)30(37)33-23-12-7-13-24(18-23)38-19-28(35)25-14-4-5-15-26(25)32/h1-18H,19H2,(H,33,37)(H,34,36)/b27-17-. The fourth-order valence-corrected chi connectivity index (χ4v) is 4.98. The topological polar surface area (TPSA) is 75.3 Å². The zero-order valence-corrected chi connectivity index (χ0v) is 23.1. The highest BCUT2D eigenvalue weighted by atomic mass is 79.9. The van der Waals surface area contributed by atoms with Crippen LogP contribution in [0, 0.1) is 0 Å². The molecule has 8 heteroatoms. The minimum atomic E-state index is -0.483. The molecule has 0 bridgehead atoms. The van der Waals surface area contributed by atoms with Crippen molar-refractivity contribution in [2.75, 3.05) is 11.1 Å². The predicted octanol–water partition coefficient (Wildman–Crippen LogP) is 7.49. The highest BCUT2D eigenvalue weighted by Gasteiger charge is 2.16. The Morgan fingerprint density at radius 2 is 1.58 bits per heavy atom. The van der Waals surface area contributed by atoms with Crippen LogP contribution in [0.15, 0.2) is 118 Å². The van der Waals surface area contributed by atoms with E-state index in [2.05, 4.69) is 26.6 Å². The number of ketones is 1. The molecule has 4 aromatic rings. The van der Waals surface area contributed by atoms with Crippen molar-refractivity contribution in [3.05, 3.63) is 135 Å². The number of carbonyl (C=O) groups excluding carboxylic acids is 3. The van der Waals surface area contributed by atoms with Crippen LogP contribution in [-0.4, -0.2) is 23.4 Å². The number of halogens is 2. The number of hydrogen-bond acceptors (Lipinski definition) is 4. The molecule has 4 rings (SSSR count). The summed E-state index contributed by atoms with van der Waals surface area (Å²) in [5.41, 5.74) is 2.26. The summed E-state index contributed by atoms with van der Waals surface area (Å²) in [6.45, 7) is 0. The van der Waals surface area contributed by atoms with Gasteiger partial charge < -0.3 is 10.6 Å². The minimum Gasteiger partial charge on any atom is -0.321 e. The number of anilines is 1. The first-order valence-electron chi connectivity index (χ1n) is 11.5. The summed E-state index contributed by atoms with van der Waals surface area (Å²) in [7, 11) is 0. The highest BCUT2D eigenvalue weighted by molar-refractivity contribution is 9.10. The Kier molecular flexibility index (Phi) is 9.54. The van der Waals surface area contributed by atoms with Crippen LogP contribution in [0.2, 0.25) is 5.02 Å². The van der Waals surface area contributed by atoms with Crippen LogP contribution in [0.5, 0.6) is 0 Å². The average molecular weight is 606 g/mol. The summed E-state index contributed by atoms with van der Waals surface area (Å²) in [6, 6.07) is 30.2. The second-order valence-corrected chi connectivity index (χ2v) is 10.5. The molecule has 0 saturated carbocycles. The Balaban J connectivity index is 1.50. The van der Waals surface area contributed by atoms with Crippen molar-refractivity contribution in [1.82, 2.24) is 5.32 Å². The van der Waals surface area contributed by atoms with Crippen molar-refractivity contribution in [3.8, 4) is 0 Å². The molecule has 0 atom stereocenters. The molecule has 0 aliphatic carbocycles. The van der Waals surface area contributed by atoms with Gasteiger partial charge in [0, 0.05) is 26.2 Å². The molecule has 5 nitrogen and oxygen atoms in total. The van der Waals surface area contributed by atoms with E-state index in [-0.39, 0.29) is 17.2 Å². The van der Waals surface area contributed by atoms with Gasteiger partial charge in [0.25, 0.3) is 11.8 Å². The van der Waals surface area contributed by atoms with E-state index in [1.165, 1.54) is 11.8 Å². The molecule has 4 aromatic carbocycles. The Bertz CT molecular complexity index is 1510. The Morgan fingerprint density at radius 3 is 2.34 bits per heavy atom. The van der Waals surface area contributed by atoms with Gasteiger partial charge in [-0.3, -0.25) is 14.4 Å². The summed E-state index contributed by atoms with van der Waals surface area (Å²) in [5, 5.41) is 6.00. The van der Waals surface area contributed by atoms with Gasteiger partial charge in [-0.25, -0.2) is 0 Å². The number of rotatable bonds is 9. The lowest BCUT2D eigenvalue weighted by Crippen LogP contribution is -2.30. The van der Waals surface area contributed by atoms with Gasteiger partial charge in [-0.1, -0.05) is 76.1 Å². The third kappa shape index (κ3) is 7.68. The van der Waals surface area contributed by atoms with E-state index in [1.807, 2.05) is 36.4 Å². The normalized spacial score (nSPS) is 11.1. The van der Waals surface area contributed by atoms with Crippen LogP contribution in [-0.2, 0) is 4.79 Å². The minimum absolute atomic E-state index is 0.0853. The molecular formula is C30H22BrClN2O3S. The van der Waals surface area contributed by atoms with Gasteiger partial charge in [-0.15, -0.1) is 11.8 Å². The van der Waals surface area contributed by atoms with Crippen LogP contribution in [0.3, 0.4) is 0 Å². The Labute approximate surface area is 238 Å². The van der Waals surface area contributed by atoms with Crippen LogP contribution in [0.25, 0.3) is 6.08 Å². The molecule has 0 fully saturated rings. The van der Waals surface area contributed by atoms with Crippen LogP contribution >= 0.6 is 39.3 Å². The third-order valence-electron chi connectivity index (χ3n) is 5.32. The lowest BCUT2D eigenvalue weighted by molar-refractivity contribution is -0.113. The lowest BCUT2D eigenvalue weighted by atomic mass is 10.1. The zero-order chi connectivity index (χ0) is 26.9. The molecule has 0 heterocycles. The number of nitrogens with one attached hydrogen (secondary N) is 2. The van der Waals surface area contributed by atoms with Crippen LogP contribution in [0.4, 0.5) is 5.69 Å². The van der Waals surface area contributed by atoms with Gasteiger partial charge in [-0.2, -0.15) is 0 Å². The molecule has 0 unspecified atom stereocenters. The van der Waals surface area contributed by atoms with Gasteiger partial charge in [0.1, 0.15) is 5.70 Å². The molecule has 0 aliphatic rings. The van der Waals surface area contributed by atoms with Crippen molar-refractivity contribution in [2.45, 2.75) is 4.90 Å². The van der Waals surface area contributed by atoms with Crippen LogP contribution < -0.4 is 10.6 Å². The maximum absolute atomic E-state index is 13.3. The predicted molar refractivity (Wildman–Crippen MR) is 158 cm³/mol. The first-order valence-corrected chi connectivity index (χ1v) is 13.7. The third-order valence-corrected chi connectivity index (χ3v) is 7.14. The molecule has 0 radical (unpaired) electrons. The molecule has 0 spiro atoms. The molecular weight excluding hydrogens is 584 g/mol. The SMILES string of the molecule is O=C(Nc1cccc(SCC(=O)c2ccccc2Cl)c1)/C(=C/c1cccc(Br)c1)NC(=O)c1ccccc1.